The first kappa shape index (κ1) is 10.2. The van der Waals surface area contributed by atoms with Gasteiger partial charge in [0.15, 0.2) is 5.13 Å². The van der Waals surface area contributed by atoms with Gasteiger partial charge in [-0.25, -0.2) is 9.78 Å². The van der Waals surface area contributed by atoms with Crippen LogP contribution in [-0.4, -0.2) is 34.2 Å². The molecule has 15 heavy (non-hydrogen) atoms. The zero-order valence-electron chi connectivity index (χ0n) is 8.22. The molecular formula is C9H13N3O2S. The Morgan fingerprint density at radius 3 is 2.73 bits per heavy atom. The highest BCUT2D eigenvalue weighted by atomic mass is 32.1. The van der Waals surface area contributed by atoms with E-state index in [1.807, 2.05) is 5.38 Å². The van der Waals surface area contributed by atoms with Crippen LogP contribution in [0, 0.1) is 0 Å². The molecule has 0 radical (unpaired) electrons. The summed E-state index contributed by atoms with van der Waals surface area (Å²) in [6, 6.07) is 0. The quantitative estimate of drug-likeness (QED) is 0.763. The third-order valence-corrected chi connectivity index (χ3v) is 3.42. The molecule has 1 fully saturated rings. The van der Waals surface area contributed by atoms with Gasteiger partial charge in [-0.15, -0.1) is 11.3 Å². The highest BCUT2D eigenvalue weighted by Crippen LogP contribution is 2.29. The van der Waals surface area contributed by atoms with Crippen molar-refractivity contribution in [2.75, 3.05) is 18.8 Å². The molecule has 5 nitrogen and oxygen atoms in total. The van der Waals surface area contributed by atoms with Gasteiger partial charge >= 0.3 is 6.09 Å². The SMILES string of the molecule is Nc1nc(C2CCN(C(=O)O)CC2)cs1. The number of carbonyl (C=O) groups is 1. The highest BCUT2D eigenvalue weighted by Gasteiger charge is 2.24. The number of piperidine rings is 1. The van der Waals surface area contributed by atoms with Crippen LogP contribution < -0.4 is 5.73 Å². The summed E-state index contributed by atoms with van der Waals surface area (Å²) in [5.74, 6) is 0.370. The Balaban J connectivity index is 1.96. The van der Waals surface area contributed by atoms with E-state index < -0.39 is 6.09 Å². The fourth-order valence-corrected chi connectivity index (χ4v) is 2.50. The van der Waals surface area contributed by atoms with E-state index in [-0.39, 0.29) is 0 Å². The van der Waals surface area contributed by atoms with E-state index >= 15 is 0 Å². The number of amides is 1. The first-order valence-electron chi connectivity index (χ1n) is 4.85. The van der Waals surface area contributed by atoms with Crippen molar-refractivity contribution in [1.82, 2.24) is 9.88 Å². The molecule has 0 saturated carbocycles. The van der Waals surface area contributed by atoms with Crippen LogP contribution in [0.15, 0.2) is 5.38 Å². The first-order chi connectivity index (χ1) is 7.16. The largest absolute Gasteiger partial charge is 0.465 e. The summed E-state index contributed by atoms with van der Waals surface area (Å²) < 4.78 is 0. The second-order valence-corrected chi connectivity index (χ2v) is 4.54. The van der Waals surface area contributed by atoms with E-state index in [9.17, 15) is 4.79 Å². The lowest BCUT2D eigenvalue weighted by molar-refractivity contribution is 0.132. The van der Waals surface area contributed by atoms with Crippen molar-refractivity contribution in [2.45, 2.75) is 18.8 Å². The second kappa shape index (κ2) is 4.06. The summed E-state index contributed by atoms with van der Waals surface area (Å²) in [5, 5.41) is 11.3. The van der Waals surface area contributed by atoms with Crippen LogP contribution in [0.25, 0.3) is 0 Å². The number of hydrogen-bond acceptors (Lipinski definition) is 4. The van der Waals surface area contributed by atoms with Crippen LogP contribution in [0.1, 0.15) is 24.5 Å². The Labute approximate surface area is 91.5 Å². The molecule has 1 aromatic heterocycles. The molecule has 1 saturated heterocycles. The number of anilines is 1. The van der Waals surface area contributed by atoms with E-state index in [1.54, 1.807) is 0 Å². The van der Waals surface area contributed by atoms with Crippen molar-refractivity contribution < 1.29 is 9.90 Å². The third-order valence-electron chi connectivity index (χ3n) is 2.72. The Kier molecular flexibility index (Phi) is 2.77. The van der Waals surface area contributed by atoms with Gasteiger partial charge in [-0.2, -0.15) is 0 Å². The number of rotatable bonds is 1. The number of nitrogens with zero attached hydrogens (tertiary/aromatic N) is 2. The fourth-order valence-electron chi connectivity index (χ4n) is 1.85. The molecule has 0 unspecified atom stereocenters. The molecule has 82 valence electrons. The monoisotopic (exact) mass is 227 g/mol. The Morgan fingerprint density at radius 1 is 1.60 bits per heavy atom. The number of carboxylic acid groups (broad SMARTS) is 1. The second-order valence-electron chi connectivity index (χ2n) is 3.65. The van der Waals surface area contributed by atoms with Gasteiger partial charge < -0.3 is 15.7 Å². The predicted octanol–water partition coefficient (Wildman–Crippen LogP) is 1.58. The summed E-state index contributed by atoms with van der Waals surface area (Å²) in [7, 11) is 0. The van der Waals surface area contributed by atoms with Crippen LogP contribution >= 0.6 is 11.3 Å². The average molecular weight is 227 g/mol. The van der Waals surface area contributed by atoms with Gasteiger partial charge in [-0.05, 0) is 12.8 Å². The molecule has 1 aliphatic heterocycles. The fraction of sp³-hybridized carbons (Fsp3) is 0.556. The average Bonchev–Trinajstić information content (AvgIpc) is 2.65. The lowest BCUT2D eigenvalue weighted by atomic mass is 9.94. The van der Waals surface area contributed by atoms with Crippen molar-refractivity contribution in [3.8, 4) is 0 Å². The molecule has 1 aromatic rings. The molecule has 0 spiro atoms. The minimum Gasteiger partial charge on any atom is -0.465 e. The maximum absolute atomic E-state index is 10.7. The van der Waals surface area contributed by atoms with Gasteiger partial charge in [0.2, 0.25) is 0 Å². The molecule has 1 aliphatic rings. The van der Waals surface area contributed by atoms with E-state index in [2.05, 4.69) is 4.98 Å². The van der Waals surface area contributed by atoms with Crippen LogP contribution in [0.4, 0.5) is 9.93 Å². The highest BCUT2D eigenvalue weighted by molar-refractivity contribution is 7.13. The summed E-state index contributed by atoms with van der Waals surface area (Å²) in [5.41, 5.74) is 6.58. The number of nitrogen functional groups attached to an aromatic ring is 1. The lowest BCUT2D eigenvalue weighted by Gasteiger charge is -2.28. The molecule has 0 atom stereocenters. The van der Waals surface area contributed by atoms with Crippen molar-refractivity contribution >= 4 is 22.6 Å². The van der Waals surface area contributed by atoms with Gasteiger partial charge in [0.25, 0.3) is 0 Å². The van der Waals surface area contributed by atoms with Crippen LogP contribution in [-0.2, 0) is 0 Å². The minimum atomic E-state index is -0.828. The summed E-state index contributed by atoms with van der Waals surface area (Å²) >= 11 is 1.44. The van der Waals surface area contributed by atoms with E-state index in [1.165, 1.54) is 16.2 Å². The van der Waals surface area contributed by atoms with Crippen molar-refractivity contribution in [3.05, 3.63) is 11.1 Å². The Morgan fingerprint density at radius 2 is 2.27 bits per heavy atom. The van der Waals surface area contributed by atoms with E-state index in [0.29, 0.717) is 24.1 Å². The molecule has 1 amide bonds. The summed E-state index contributed by atoms with van der Waals surface area (Å²) in [6.45, 7) is 1.19. The Hall–Kier alpha value is -1.30. The van der Waals surface area contributed by atoms with Crippen molar-refractivity contribution in [1.29, 1.82) is 0 Å². The number of likely N-dealkylation sites (tertiary alicyclic amines) is 1. The Bertz CT molecular complexity index is 358. The predicted molar refractivity (Wildman–Crippen MR) is 58.1 cm³/mol. The number of thiazole rings is 1. The van der Waals surface area contributed by atoms with E-state index in [0.717, 1.165) is 18.5 Å². The van der Waals surface area contributed by atoms with Crippen molar-refractivity contribution in [2.24, 2.45) is 0 Å². The number of aromatic nitrogens is 1. The van der Waals surface area contributed by atoms with Crippen LogP contribution in [0.3, 0.4) is 0 Å². The molecule has 0 aromatic carbocycles. The first-order valence-corrected chi connectivity index (χ1v) is 5.73. The van der Waals surface area contributed by atoms with Gasteiger partial charge in [-0.3, -0.25) is 0 Å². The molecule has 2 rings (SSSR count). The standard InChI is InChI=1S/C9H13N3O2S/c10-8-11-7(5-15-8)6-1-3-12(4-2-6)9(13)14/h5-6H,1-4H2,(H2,10,11)(H,13,14). The third kappa shape index (κ3) is 2.20. The topological polar surface area (TPSA) is 79.5 Å². The summed E-state index contributed by atoms with van der Waals surface area (Å²) in [6.07, 6.45) is 0.858. The van der Waals surface area contributed by atoms with Gasteiger partial charge in [0.1, 0.15) is 0 Å². The zero-order valence-corrected chi connectivity index (χ0v) is 9.04. The molecule has 6 heteroatoms. The molecule has 2 heterocycles. The summed E-state index contributed by atoms with van der Waals surface area (Å²) in [4.78, 5) is 16.4. The van der Waals surface area contributed by atoms with Gasteiger partial charge in [0.05, 0.1) is 5.69 Å². The maximum Gasteiger partial charge on any atom is 0.407 e. The minimum absolute atomic E-state index is 0.370. The van der Waals surface area contributed by atoms with Crippen molar-refractivity contribution in [3.63, 3.8) is 0 Å². The molecular weight excluding hydrogens is 214 g/mol. The number of nitrogens with two attached hydrogens (primary N) is 1. The molecule has 3 N–H and O–H groups in total. The van der Waals surface area contributed by atoms with Gasteiger partial charge in [0, 0.05) is 24.4 Å². The zero-order chi connectivity index (χ0) is 10.8. The number of hydrogen-bond donors (Lipinski definition) is 2. The lowest BCUT2D eigenvalue weighted by Crippen LogP contribution is -2.36. The maximum atomic E-state index is 10.7. The van der Waals surface area contributed by atoms with Crippen LogP contribution in [0.5, 0.6) is 0 Å². The smallest absolute Gasteiger partial charge is 0.407 e. The molecule has 0 bridgehead atoms. The van der Waals surface area contributed by atoms with Crippen LogP contribution in [0.2, 0.25) is 0 Å². The van der Waals surface area contributed by atoms with E-state index in [4.69, 9.17) is 10.8 Å². The normalized spacial score (nSPS) is 18.0. The van der Waals surface area contributed by atoms with Gasteiger partial charge in [-0.1, -0.05) is 0 Å². The molecule has 0 aliphatic carbocycles.